The van der Waals surface area contributed by atoms with E-state index in [-0.39, 0.29) is 10.6 Å². The van der Waals surface area contributed by atoms with Crippen LogP contribution in [0.2, 0.25) is 5.02 Å². The Hall–Kier alpha value is -0.860. The van der Waals surface area contributed by atoms with Crippen molar-refractivity contribution in [2.24, 2.45) is 0 Å². The fourth-order valence-corrected chi connectivity index (χ4v) is 2.78. The molecule has 0 bridgehead atoms. The Balaban J connectivity index is 2.25. The summed E-state index contributed by atoms with van der Waals surface area (Å²) in [6.45, 7) is 2.06. The van der Waals surface area contributed by atoms with Gasteiger partial charge in [0.25, 0.3) is 0 Å². The molecule has 2 aromatic carbocycles. The van der Waals surface area contributed by atoms with Gasteiger partial charge in [0, 0.05) is 15.4 Å². The summed E-state index contributed by atoms with van der Waals surface area (Å²) in [4.78, 5) is -0.0719. The second-order valence-electron chi connectivity index (χ2n) is 4.26. The second kappa shape index (κ2) is 5.85. The predicted molar refractivity (Wildman–Crippen MR) is 78.0 cm³/mol. The number of hydrogen-bond acceptors (Lipinski definition) is 0. The molecule has 94 valence electrons. The van der Waals surface area contributed by atoms with Crippen molar-refractivity contribution < 1.29 is 4.39 Å². The lowest BCUT2D eigenvalue weighted by molar-refractivity contribution is 0.608. The van der Waals surface area contributed by atoms with Crippen molar-refractivity contribution >= 4 is 27.5 Å². The molecule has 0 radical (unpaired) electrons. The van der Waals surface area contributed by atoms with Gasteiger partial charge in [-0.05, 0) is 42.7 Å². The highest BCUT2D eigenvalue weighted by Crippen LogP contribution is 2.31. The van der Waals surface area contributed by atoms with Gasteiger partial charge in [0.05, 0.1) is 0 Å². The van der Waals surface area contributed by atoms with Crippen LogP contribution in [0.4, 0.5) is 4.39 Å². The topological polar surface area (TPSA) is 0 Å². The highest BCUT2D eigenvalue weighted by Gasteiger charge is 2.14. The Bertz CT molecular complexity index is 554. The number of hydrogen-bond donors (Lipinski definition) is 0. The first kappa shape index (κ1) is 13.6. The van der Waals surface area contributed by atoms with Gasteiger partial charge >= 0.3 is 0 Å². The average Bonchev–Trinajstić information content (AvgIpc) is 2.35. The third kappa shape index (κ3) is 3.12. The summed E-state index contributed by atoms with van der Waals surface area (Å²) in [5.74, 6) is -0.227. The SMILES string of the molecule is Cc1ccccc1CC(Br)c1cc(Cl)ccc1F. The lowest BCUT2D eigenvalue weighted by atomic mass is 10.0. The summed E-state index contributed by atoms with van der Waals surface area (Å²) >= 11 is 9.45. The van der Waals surface area contributed by atoms with Crippen LogP contribution in [0.3, 0.4) is 0 Å². The molecule has 0 amide bonds. The van der Waals surface area contributed by atoms with E-state index in [9.17, 15) is 4.39 Å². The van der Waals surface area contributed by atoms with Crippen LogP contribution in [0.1, 0.15) is 21.5 Å². The summed E-state index contributed by atoms with van der Waals surface area (Å²) in [7, 11) is 0. The number of benzene rings is 2. The highest BCUT2D eigenvalue weighted by molar-refractivity contribution is 9.09. The third-order valence-corrected chi connectivity index (χ3v) is 4.01. The molecule has 2 rings (SSSR count). The molecule has 0 heterocycles. The minimum Gasteiger partial charge on any atom is -0.207 e. The summed E-state index contributed by atoms with van der Waals surface area (Å²) in [5.41, 5.74) is 3.02. The Kier molecular flexibility index (Phi) is 4.41. The van der Waals surface area contributed by atoms with Crippen molar-refractivity contribution in [2.45, 2.75) is 18.2 Å². The van der Waals surface area contributed by atoms with Gasteiger partial charge in [-0.25, -0.2) is 4.39 Å². The summed E-state index contributed by atoms with van der Waals surface area (Å²) in [5, 5.41) is 0.556. The minimum absolute atomic E-state index is 0.0719. The van der Waals surface area contributed by atoms with Crippen molar-refractivity contribution in [1.29, 1.82) is 0 Å². The normalized spacial score (nSPS) is 12.4. The second-order valence-corrected chi connectivity index (χ2v) is 5.81. The Morgan fingerprint density at radius 1 is 1.22 bits per heavy atom. The third-order valence-electron chi connectivity index (χ3n) is 2.96. The fourth-order valence-electron chi connectivity index (χ4n) is 1.90. The quantitative estimate of drug-likeness (QED) is 0.656. The summed E-state index contributed by atoms with van der Waals surface area (Å²) in [6, 6.07) is 12.8. The lowest BCUT2D eigenvalue weighted by Gasteiger charge is -2.13. The molecular weight excluding hydrogens is 315 g/mol. The number of halogens is 3. The van der Waals surface area contributed by atoms with Gasteiger partial charge in [0.1, 0.15) is 5.82 Å². The van der Waals surface area contributed by atoms with Gasteiger partial charge in [0.15, 0.2) is 0 Å². The molecule has 0 nitrogen and oxygen atoms in total. The Morgan fingerprint density at radius 2 is 1.94 bits per heavy atom. The standard InChI is InChI=1S/C15H13BrClF/c1-10-4-2-3-5-11(10)8-14(16)13-9-12(17)6-7-15(13)18/h2-7,9,14H,8H2,1H3. The number of alkyl halides is 1. The van der Waals surface area contributed by atoms with Crippen LogP contribution in [-0.4, -0.2) is 0 Å². The Labute approximate surface area is 120 Å². The van der Waals surface area contributed by atoms with E-state index in [0.717, 1.165) is 6.42 Å². The van der Waals surface area contributed by atoms with Gasteiger partial charge in [-0.15, -0.1) is 0 Å². The van der Waals surface area contributed by atoms with E-state index in [1.165, 1.54) is 17.2 Å². The minimum atomic E-state index is -0.227. The van der Waals surface area contributed by atoms with E-state index >= 15 is 0 Å². The molecule has 0 aliphatic heterocycles. The van der Waals surface area contributed by atoms with Gasteiger partial charge in [-0.3, -0.25) is 0 Å². The van der Waals surface area contributed by atoms with E-state index in [2.05, 4.69) is 35.0 Å². The van der Waals surface area contributed by atoms with Crippen molar-refractivity contribution in [1.82, 2.24) is 0 Å². The van der Waals surface area contributed by atoms with Gasteiger partial charge in [-0.2, -0.15) is 0 Å². The molecule has 0 saturated carbocycles. The van der Waals surface area contributed by atoms with Gasteiger partial charge < -0.3 is 0 Å². The summed E-state index contributed by atoms with van der Waals surface area (Å²) < 4.78 is 13.7. The van der Waals surface area contributed by atoms with Crippen molar-refractivity contribution in [3.63, 3.8) is 0 Å². The van der Waals surface area contributed by atoms with Crippen LogP contribution in [-0.2, 0) is 6.42 Å². The van der Waals surface area contributed by atoms with E-state index in [0.29, 0.717) is 10.6 Å². The zero-order valence-electron chi connectivity index (χ0n) is 9.96. The number of rotatable bonds is 3. The molecular formula is C15H13BrClF. The van der Waals surface area contributed by atoms with E-state index < -0.39 is 0 Å². The molecule has 0 spiro atoms. The lowest BCUT2D eigenvalue weighted by Crippen LogP contribution is -2.00. The zero-order chi connectivity index (χ0) is 13.1. The maximum atomic E-state index is 13.7. The van der Waals surface area contributed by atoms with Crippen molar-refractivity contribution in [2.75, 3.05) is 0 Å². The van der Waals surface area contributed by atoms with Crippen LogP contribution in [0.15, 0.2) is 42.5 Å². The van der Waals surface area contributed by atoms with Crippen molar-refractivity contribution in [3.8, 4) is 0 Å². The first-order valence-corrected chi connectivity index (χ1v) is 7.01. The molecule has 0 aromatic heterocycles. The summed E-state index contributed by atoms with van der Waals surface area (Å²) in [6.07, 6.45) is 0.740. The van der Waals surface area contributed by atoms with Crippen LogP contribution in [0.5, 0.6) is 0 Å². The molecule has 0 aliphatic carbocycles. The molecule has 18 heavy (non-hydrogen) atoms. The largest absolute Gasteiger partial charge is 0.207 e. The van der Waals surface area contributed by atoms with E-state index in [4.69, 9.17) is 11.6 Å². The smallest absolute Gasteiger partial charge is 0.127 e. The molecule has 2 aromatic rings. The molecule has 1 atom stereocenters. The molecule has 0 saturated heterocycles. The van der Waals surface area contributed by atoms with Crippen LogP contribution < -0.4 is 0 Å². The molecule has 1 unspecified atom stereocenters. The maximum Gasteiger partial charge on any atom is 0.127 e. The molecule has 0 fully saturated rings. The maximum absolute atomic E-state index is 13.7. The molecule has 3 heteroatoms. The fraction of sp³-hybridized carbons (Fsp3) is 0.200. The predicted octanol–water partition coefficient (Wildman–Crippen LogP) is 5.47. The van der Waals surface area contributed by atoms with Crippen LogP contribution in [0, 0.1) is 12.7 Å². The van der Waals surface area contributed by atoms with Gasteiger partial charge in [-0.1, -0.05) is 51.8 Å². The zero-order valence-corrected chi connectivity index (χ0v) is 12.3. The van der Waals surface area contributed by atoms with Crippen LogP contribution >= 0.6 is 27.5 Å². The average molecular weight is 328 g/mol. The van der Waals surface area contributed by atoms with E-state index in [1.807, 2.05) is 12.1 Å². The molecule has 0 N–H and O–H groups in total. The first-order valence-electron chi connectivity index (χ1n) is 5.71. The van der Waals surface area contributed by atoms with Crippen LogP contribution in [0.25, 0.3) is 0 Å². The Morgan fingerprint density at radius 3 is 2.67 bits per heavy atom. The van der Waals surface area contributed by atoms with Crippen molar-refractivity contribution in [3.05, 3.63) is 70.0 Å². The van der Waals surface area contributed by atoms with Gasteiger partial charge in [0.2, 0.25) is 0 Å². The van der Waals surface area contributed by atoms with E-state index in [1.54, 1.807) is 12.1 Å². The number of aryl methyl sites for hydroxylation is 1. The molecule has 0 aliphatic rings. The monoisotopic (exact) mass is 326 g/mol. The first-order chi connectivity index (χ1) is 8.58. The highest BCUT2D eigenvalue weighted by atomic mass is 79.9.